The van der Waals surface area contributed by atoms with Gasteiger partial charge < -0.3 is 5.32 Å². The van der Waals surface area contributed by atoms with Crippen LogP contribution in [0.3, 0.4) is 0 Å². The Morgan fingerprint density at radius 1 is 1.30 bits per heavy atom. The zero-order valence-electron chi connectivity index (χ0n) is 15.1. The third-order valence-electron chi connectivity index (χ3n) is 4.86. The summed E-state index contributed by atoms with van der Waals surface area (Å²) in [7, 11) is 0. The molecule has 0 unspecified atom stereocenters. The number of amides is 1. The zero-order chi connectivity index (χ0) is 18.8. The Morgan fingerprint density at radius 2 is 2.07 bits per heavy atom. The fourth-order valence-corrected chi connectivity index (χ4v) is 5.06. The minimum Gasteiger partial charge on any atom is -0.353 e. The Hall–Kier alpha value is -2.12. The average molecular weight is 400 g/mol. The van der Waals surface area contributed by atoms with Gasteiger partial charge in [-0.15, -0.1) is 11.3 Å². The van der Waals surface area contributed by atoms with Crippen LogP contribution in [0, 0.1) is 6.92 Å². The summed E-state index contributed by atoms with van der Waals surface area (Å²) in [5, 5.41) is 5.53. The van der Waals surface area contributed by atoms with Gasteiger partial charge in [0, 0.05) is 6.04 Å². The number of carbonyl (C=O) groups is 1. The number of benzene rings is 1. The number of aromatic nitrogens is 2. The Kier molecular flexibility index (Phi) is 5.31. The summed E-state index contributed by atoms with van der Waals surface area (Å²) in [4.78, 5) is 30.1. The molecule has 7 heteroatoms. The number of carbonyl (C=O) groups excluding carboxylic acids is 1. The van der Waals surface area contributed by atoms with Crippen LogP contribution in [0.5, 0.6) is 0 Å². The Balaban J connectivity index is 1.66. The average Bonchev–Trinajstić information content (AvgIpc) is 3.33. The number of nitrogens with zero attached hydrogens (tertiary/aromatic N) is 2. The highest BCUT2D eigenvalue weighted by molar-refractivity contribution is 7.99. The standard InChI is InChI=1S/C20H21N3O2S2/c1-13-6-2-5-9-16(13)23-19(25)18-15(10-11-26-18)22-20(23)27-12-17(24)21-14-7-3-4-8-14/h2,5-6,9-11,14H,3-4,7-8,12H2,1H3,(H,21,24). The van der Waals surface area contributed by atoms with Crippen molar-refractivity contribution in [2.75, 3.05) is 5.75 Å². The topological polar surface area (TPSA) is 64.0 Å². The monoisotopic (exact) mass is 399 g/mol. The van der Waals surface area contributed by atoms with Crippen molar-refractivity contribution in [3.05, 3.63) is 51.6 Å². The number of nitrogens with one attached hydrogen (secondary N) is 1. The molecule has 4 rings (SSSR count). The molecule has 3 aromatic rings. The van der Waals surface area contributed by atoms with Gasteiger partial charge in [0.1, 0.15) is 4.70 Å². The van der Waals surface area contributed by atoms with Crippen LogP contribution >= 0.6 is 23.1 Å². The van der Waals surface area contributed by atoms with Gasteiger partial charge in [-0.05, 0) is 42.8 Å². The minimum atomic E-state index is -0.0806. The summed E-state index contributed by atoms with van der Waals surface area (Å²) < 4.78 is 2.28. The van der Waals surface area contributed by atoms with E-state index in [2.05, 4.69) is 10.3 Å². The molecule has 2 aromatic heterocycles. The van der Waals surface area contributed by atoms with E-state index in [9.17, 15) is 9.59 Å². The van der Waals surface area contributed by atoms with Crippen molar-refractivity contribution in [3.8, 4) is 5.69 Å². The molecular formula is C20H21N3O2S2. The first-order valence-corrected chi connectivity index (χ1v) is 11.0. The second-order valence-corrected chi connectivity index (χ2v) is 8.65. The molecule has 140 valence electrons. The van der Waals surface area contributed by atoms with E-state index in [0.29, 0.717) is 21.4 Å². The van der Waals surface area contributed by atoms with Gasteiger partial charge >= 0.3 is 0 Å². The van der Waals surface area contributed by atoms with E-state index in [-0.39, 0.29) is 17.2 Å². The van der Waals surface area contributed by atoms with Crippen LogP contribution in [-0.4, -0.2) is 27.3 Å². The first-order chi connectivity index (χ1) is 13.1. The van der Waals surface area contributed by atoms with Crippen molar-refractivity contribution in [1.29, 1.82) is 0 Å². The number of aryl methyl sites for hydroxylation is 1. The summed E-state index contributed by atoms with van der Waals surface area (Å²) in [6, 6.07) is 9.90. The number of para-hydroxylation sites is 1. The van der Waals surface area contributed by atoms with E-state index in [1.807, 2.05) is 42.6 Å². The van der Waals surface area contributed by atoms with E-state index in [1.54, 1.807) is 4.57 Å². The van der Waals surface area contributed by atoms with Crippen LogP contribution in [0.1, 0.15) is 31.2 Å². The van der Waals surface area contributed by atoms with Crippen molar-refractivity contribution in [1.82, 2.24) is 14.9 Å². The second-order valence-electron chi connectivity index (χ2n) is 6.79. The molecule has 2 heterocycles. The lowest BCUT2D eigenvalue weighted by atomic mass is 10.2. The molecule has 1 fully saturated rings. The lowest BCUT2D eigenvalue weighted by molar-refractivity contribution is -0.119. The van der Waals surface area contributed by atoms with Crippen LogP contribution in [-0.2, 0) is 4.79 Å². The van der Waals surface area contributed by atoms with Gasteiger partial charge in [0.2, 0.25) is 5.91 Å². The maximum absolute atomic E-state index is 13.1. The van der Waals surface area contributed by atoms with E-state index in [1.165, 1.54) is 35.9 Å². The third-order valence-corrected chi connectivity index (χ3v) is 6.69. The van der Waals surface area contributed by atoms with Crippen molar-refractivity contribution in [2.24, 2.45) is 0 Å². The van der Waals surface area contributed by atoms with E-state index < -0.39 is 0 Å². The Bertz CT molecular complexity index is 1040. The molecule has 0 atom stereocenters. The van der Waals surface area contributed by atoms with Crippen LogP contribution in [0.2, 0.25) is 0 Å². The summed E-state index contributed by atoms with van der Waals surface area (Å²) >= 11 is 2.72. The molecule has 1 N–H and O–H groups in total. The van der Waals surface area contributed by atoms with Crippen molar-refractivity contribution in [2.45, 2.75) is 43.8 Å². The SMILES string of the molecule is Cc1ccccc1-n1c(SCC(=O)NC2CCCC2)nc2ccsc2c1=O. The predicted molar refractivity (Wildman–Crippen MR) is 111 cm³/mol. The van der Waals surface area contributed by atoms with Crippen molar-refractivity contribution < 1.29 is 4.79 Å². The Morgan fingerprint density at radius 3 is 2.85 bits per heavy atom. The highest BCUT2D eigenvalue weighted by atomic mass is 32.2. The van der Waals surface area contributed by atoms with Crippen LogP contribution in [0.25, 0.3) is 15.9 Å². The maximum atomic E-state index is 13.1. The van der Waals surface area contributed by atoms with Gasteiger partial charge in [0.25, 0.3) is 5.56 Å². The molecule has 0 aliphatic heterocycles. The first-order valence-electron chi connectivity index (χ1n) is 9.12. The molecule has 0 radical (unpaired) electrons. The number of thioether (sulfide) groups is 1. The smallest absolute Gasteiger partial charge is 0.276 e. The van der Waals surface area contributed by atoms with Gasteiger partial charge in [-0.3, -0.25) is 14.2 Å². The highest BCUT2D eigenvalue weighted by Gasteiger charge is 2.19. The third kappa shape index (κ3) is 3.80. The molecule has 1 aliphatic rings. The maximum Gasteiger partial charge on any atom is 0.276 e. The van der Waals surface area contributed by atoms with E-state index in [4.69, 9.17) is 0 Å². The number of fused-ring (bicyclic) bond motifs is 1. The fraction of sp³-hybridized carbons (Fsp3) is 0.350. The lowest BCUT2D eigenvalue weighted by Crippen LogP contribution is -2.34. The van der Waals surface area contributed by atoms with Crippen LogP contribution < -0.4 is 10.9 Å². The molecule has 1 saturated carbocycles. The van der Waals surface area contributed by atoms with Gasteiger partial charge in [-0.1, -0.05) is 42.8 Å². The number of rotatable bonds is 5. The first kappa shape index (κ1) is 18.3. The van der Waals surface area contributed by atoms with Gasteiger partial charge in [-0.25, -0.2) is 4.98 Å². The molecule has 1 aromatic carbocycles. The molecule has 0 spiro atoms. The summed E-state index contributed by atoms with van der Waals surface area (Å²) in [6.45, 7) is 1.97. The largest absolute Gasteiger partial charge is 0.353 e. The van der Waals surface area contributed by atoms with E-state index in [0.717, 1.165) is 24.1 Å². The van der Waals surface area contributed by atoms with E-state index >= 15 is 0 Å². The quantitative estimate of drug-likeness (QED) is 0.522. The van der Waals surface area contributed by atoms with Crippen molar-refractivity contribution in [3.63, 3.8) is 0 Å². The van der Waals surface area contributed by atoms with Crippen molar-refractivity contribution >= 4 is 39.2 Å². The normalized spacial score (nSPS) is 14.7. The fourth-order valence-electron chi connectivity index (χ4n) is 3.49. The molecule has 0 saturated heterocycles. The number of hydrogen-bond donors (Lipinski definition) is 1. The van der Waals surface area contributed by atoms with Gasteiger partial charge in [0.05, 0.1) is 17.0 Å². The van der Waals surface area contributed by atoms with Crippen LogP contribution in [0.15, 0.2) is 45.7 Å². The zero-order valence-corrected chi connectivity index (χ0v) is 16.7. The summed E-state index contributed by atoms with van der Waals surface area (Å²) in [5.41, 5.74) is 2.41. The molecule has 5 nitrogen and oxygen atoms in total. The van der Waals surface area contributed by atoms with Gasteiger partial charge in [-0.2, -0.15) is 0 Å². The van der Waals surface area contributed by atoms with Gasteiger partial charge in [0.15, 0.2) is 5.16 Å². The predicted octanol–water partition coefficient (Wildman–Crippen LogP) is 3.91. The summed E-state index contributed by atoms with van der Waals surface area (Å²) in [5.74, 6) is 0.257. The molecule has 1 aliphatic carbocycles. The minimum absolute atomic E-state index is 0.00268. The number of thiophene rings is 1. The molecule has 27 heavy (non-hydrogen) atoms. The molecule has 0 bridgehead atoms. The second kappa shape index (κ2) is 7.86. The molecular weight excluding hydrogens is 378 g/mol. The lowest BCUT2D eigenvalue weighted by Gasteiger charge is -2.15. The Labute approximate surface area is 165 Å². The number of hydrogen-bond acceptors (Lipinski definition) is 5. The summed E-state index contributed by atoms with van der Waals surface area (Å²) in [6.07, 6.45) is 4.48. The van der Waals surface area contributed by atoms with Crippen LogP contribution in [0.4, 0.5) is 0 Å². The highest BCUT2D eigenvalue weighted by Crippen LogP contribution is 2.25. The molecule has 1 amide bonds.